The van der Waals surface area contributed by atoms with Gasteiger partial charge in [0.25, 0.3) is 0 Å². The molecule has 0 bridgehead atoms. The van der Waals surface area contributed by atoms with Crippen LogP contribution in [0, 0.1) is 13.8 Å². The lowest BCUT2D eigenvalue weighted by molar-refractivity contribution is -0.145. The number of carbonyl (C=O) groups excluding carboxylic acids is 1. The van der Waals surface area contributed by atoms with Crippen LogP contribution in [-0.2, 0) is 16.0 Å². The number of hydrogen-bond acceptors (Lipinski definition) is 3. The lowest BCUT2D eigenvalue weighted by atomic mass is 10.0. The summed E-state index contributed by atoms with van der Waals surface area (Å²) in [5.41, 5.74) is 3.75. The summed E-state index contributed by atoms with van der Waals surface area (Å²) in [6.07, 6.45) is 0.993. The molecule has 1 rings (SSSR count). The van der Waals surface area contributed by atoms with E-state index in [1.807, 2.05) is 13.8 Å². The van der Waals surface area contributed by atoms with Crippen LogP contribution in [0.3, 0.4) is 0 Å². The average molecular weight is 248 g/mol. The molecule has 0 aliphatic rings. The molecule has 0 spiro atoms. The quantitative estimate of drug-likeness (QED) is 0.455. The molecule has 0 radical (unpaired) electrons. The highest BCUT2D eigenvalue weighted by Gasteiger charge is 2.08. The molecule has 0 amide bonds. The Balaban J connectivity index is 2.68. The number of esters is 1. The minimum Gasteiger partial charge on any atom is -0.457 e. The molecule has 0 N–H and O–H groups in total. The molecule has 0 atom stereocenters. The molecule has 0 saturated carbocycles. The minimum absolute atomic E-state index is 0.0845. The standard InChI is InChI=1S/C15H20O3/c1-6-13-7-11(4)14(12(5)8-13)17-9-18-15(16)10(2)3/h7-8H,2,6,9H2,1,3-5H3. The fraction of sp³-hybridized carbons (Fsp3) is 0.400. The normalized spacial score (nSPS) is 10.0. The van der Waals surface area contributed by atoms with Gasteiger partial charge in [0.15, 0.2) is 0 Å². The van der Waals surface area contributed by atoms with Gasteiger partial charge in [-0.25, -0.2) is 4.79 Å². The first-order chi connectivity index (χ1) is 8.45. The Morgan fingerprint density at radius 3 is 2.28 bits per heavy atom. The molecule has 0 saturated heterocycles. The molecule has 18 heavy (non-hydrogen) atoms. The van der Waals surface area contributed by atoms with Crippen LogP contribution in [0.5, 0.6) is 5.75 Å². The van der Waals surface area contributed by atoms with Crippen molar-refractivity contribution in [2.24, 2.45) is 0 Å². The second-order valence-corrected chi connectivity index (χ2v) is 4.39. The van der Waals surface area contributed by atoms with Crippen molar-refractivity contribution in [2.45, 2.75) is 34.1 Å². The first-order valence-electron chi connectivity index (χ1n) is 6.01. The van der Waals surface area contributed by atoms with Crippen LogP contribution >= 0.6 is 0 Å². The number of aryl methyl sites for hydroxylation is 3. The Bertz CT molecular complexity index is 438. The van der Waals surface area contributed by atoms with Gasteiger partial charge < -0.3 is 9.47 Å². The van der Waals surface area contributed by atoms with Crippen molar-refractivity contribution in [3.63, 3.8) is 0 Å². The zero-order valence-corrected chi connectivity index (χ0v) is 11.5. The summed E-state index contributed by atoms with van der Waals surface area (Å²) < 4.78 is 10.4. The van der Waals surface area contributed by atoms with Gasteiger partial charge in [-0.2, -0.15) is 0 Å². The molecule has 3 heteroatoms. The fourth-order valence-corrected chi connectivity index (χ4v) is 1.74. The predicted molar refractivity (Wildman–Crippen MR) is 71.7 cm³/mol. The molecular weight excluding hydrogens is 228 g/mol. The molecule has 0 aliphatic heterocycles. The summed E-state index contributed by atoms with van der Waals surface area (Å²) in [5.74, 6) is 0.345. The zero-order chi connectivity index (χ0) is 13.7. The van der Waals surface area contributed by atoms with Gasteiger partial charge in [-0.15, -0.1) is 0 Å². The molecular formula is C15H20O3. The Morgan fingerprint density at radius 1 is 1.28 bits per heavy atom. The maximum Gasteiger partial charge on any atom is 0.335 e. The van der Waals surface area contributed by atoms with Crippen LogP contribution in [0.15, 0.2) is 24.3 Å². The third-order valence-electron chi connectivity index (χ3n) is 2.67. The second-order valence-electron chi connectivity index (χ2n) is 4.39. The van der Waals surface area contributed by atoms with Gasteiger partial charge in [0.2, 0.25) is 6.79 Å². The van der Waals surface area contributed by atoms with E-state index in [2.05, 4.69) is 25.6 Å². The van der Waals surface area contributed by atoms with Crippen molar-refractivity contribution in [2.75, 3.05) is 6.79 Å². The van der Waals surface area contributed by atoms with Crippen molar-refractivity contribution in [3.8, 4) is 5.75 Å². The van der Waals surface area contributed by atoms with E-state index in [1.54, 1.807) is 6.92 Å². The molecule has 98 valence electrons. The largest absolute Gasteiger partial charge is 0.457 e. The van der Waals surface area contributed by atoms with Gasteiger partial charge in [0.1, 0.15) is 5.75 Å². The molecule has 0 aliphatic carbocycles. The van der Waals surface area contributed by atoms with Crippen LogP contribution in [-0.4, -0.2) is 12.8 Å². The zero-order valence-electron chi connectivity index (χ0n) is 11.5. The number of ether oxygens (including phenoxy) is 2. The lowest BCUT2D eigenvalue weighted by Crippen LogP contribution is -2.11. The summed E-state index contributed by atoms with van der Waals surface area (Å²) in [4.78, 5) is 11.2. The Morgan fingerprint density at radius 2 is 1.83 bits per heavy atom. The van der Waals surface area contributed by atoms with Gasteiger partial charge in [-0.3, -0.25) is 0 Å². The third-order valence-corrected chi connectivity index (χ3v) is 2.67. The maximum absolute atomic E-state index is 11.2. The monoisotopic (exact) mass is 248 g/mol. The summed E-state index contributed by atoms with van der Waals surface area (Å²) >= 11 is 0. The van der Waals surface area contributed by atoms with Crippen LogP contribution < -0.4 is 4.74 Å². The van der Waals surface area contributed by atoms with E-state index in [-0.39, 0.29) is 6.79 Å². The highest BCUT2D eigenvalue weighted by atomic mass is 16.7. The fourth-order valence-electron chi connectivity index (χ4n) is 1.74. The highest BCUT2D eigenvalue weighted by molar-refractivity contribution is 5.86. The summed E-state index contributed by atoms with van der Waals surface area (Å²) in [7, 11) is 0. The lowest BCUT2D eigenvalue weighted by Gasteiger charge is -2.13. The number of rotatable bonds is 5. The molecule has 0 heterocycles. The molecule has 0 unspecified atom stereocenters. The van der Waals surface area contributed by atoms with Gasteiger partial charge in [0, 0.05) is 5.57 Å². The van der Waals surface area contributed by atoms with E-state index < -0.39 is 5.97 Å². The van der Waals surface area contributed by atoms with Gasteiger partial charge in [-0.05, 0) is 43.9 Å². The van der Waals surface area contributed by atoms with E-state index >= 15 is 0 Å². The summed E-state index contributed by atoms with van der Waals surface area (Å²) in [6.45, 7) is 11.1. The first-order valence-corrected chi connectivity index (χ1v) is 6.01. The van der Waals surface area contributed by atoms with Crippen LogP contribution in [0.1, 0.15) is 30.5 Å². The Kier molecular flexibility index (Phi) is 4.95. The highest BCUT2D eigenvalue weighted by Crippen LogP contribution is 2.25. The van der Waals surface area contributed by atoms with Crippen molar-refractivity contribution in [3.05, 3.63) is 41.0 Å². The van der Waals surface area contributed by atoms with Crippen LogP contribution in [0.4, 0.5) is 0 Å². The van der Waals surface area contributed by atoms with Gasteiger partial charge >= 0.3 is 5.97 Å². The minimum atomic E-state index is -0.435. The first kappa shape index (κ1) is 14.3. The van der Waals surface area contributed by atoms with E-state index in [9.17, 15) is 4.79 Å². The molecule has 0 aromatic heterocycles. The molecule has 0 fully saturated rings. The van der Waals surface area contributed by atoms with E-state index in [1.165, 1.54) is 5.56 Å². The Hall–Kier alpha value is -1.77. The van der Waals surface area contributed by atoms with Crippen LogP contribution in [0.2, 0.25) is 0 Å². The molecule has 1 aromatic carbocycles. The van der Waals surface area contributed by atoms with Crippen molar-refractivity contribution >= 4 is 5.97 Å². The summed E-state index contributed by atoms with van der Waals surface area (Å²) in [5, 5.41) is 0. The smallest absolute Gasteiger partial charge is 0.335 e. The summed E-state index contributed by atoms with van der Waals surface area (Å²) in [6, 6.07) is 4.17. The average Bonchev–Trinajstić information content (AvgIpc) is 2.31. The van der Waals surface area contributed by atoms with Crippen LogP contribution in [0.25, 0.3) is 0 Å². The molecule has 3 nitrogen and oxygen atoms in total. The molecule has 1 aromatic rings. The van der Waals surface area contributed by atoms with E-state index in [4.69, 9.17) is 9.47 Å². The number of benzene rings is 1. The predicted octanol–water partition coefficient (Wildman–Crippen LogP) is 3.32. The van der Waals surface area contributed by atoms with E-state index in [0.29, 0.717) is 5.57 Å². The van der Waals surface area contributed by atoms with Crippen molar-refractivity contribution < 1.29 is 14.3 Å². The number of hydrogen-bond donors (Lipinski definition) is 0. The van der Waals surface area contributed by atoms with Crippen molar-refractivity contribution in [1.82, 2.24) is 0 Å². The SMILES string of the molecule is C=C(C)C(=O)OCOc1c(C)cc(CC)cc1C. The second kappa shape index (κ2) is 6.24. The van der Waals surface area contributed by atoms with Gasteiger partial charge in [-0.1, -0.05) is 25.6 Å². The maximum atomic E-state index is 11.2. The topological polar surface area (TPSA) is 35.5 Å². The van der Waals surface area contributed by atoms with Crippen molar-refractivity contribution in [1.29, 1.82) is 0 Å². The third kappa shape index (κ3) is 3.62. The Labute approximate surface area is 108 Å². The van der Waals surface area contributed by atoms with Gasteiger partial charge in [0.05, 0.1) is 0 Å². The van der Waals surface area contributed by atoms with E-state index in [0.717, 1.165) is 23.3 Å². The number of carbonyl (C=O) groups is 1.